The van der Waals surface area contributed by atoms with E-state index in [2.05, 4.69) is 24.3 Å². The normalized spacial score (nSPS) is 31.1. The number of aliphatic hydroxyl groups is 2. The van der Waals surface area contributed by atoms with Gasteiger partial charge in [-0.3, -0.25) is 0 Å². The van der Waals surface area contributed by atoms with Crippen molar-refractivity contribution in [2.75, 3.05) is 0 Å². The lowest BCUT2D eigenvalue weighted by molar-refractivity contribution is 0.136. The highest BCUT2D eigenvalue weighted by molar-refractivity contribution is 7.99. The molecule has 2 fully saturated rings. The molecule has 0 radical (unpaired) electrons. The minimum absolute atomic E-state index is 0.110. The zero-order valence-electron chi connectivity index (χ0n) is 14.4. The average Bonchev–Trinajstić information content (AvgIpc) is 2.61. The molecule has 134 valence electrons. The second kappa shape index (κ2) is 9.51. The van der Waals surface area contributed by atoms with Gasteiger partial charge in [0, 0.05) is 22.0 Å². The first-order chi connectivity index (χ1) is 11.7. The minimum Gasteiger partial charge on any atom is -0.392 e. The highest BCUT2D eigenvalue weighted by atomic mass is 32.2. The largest absolute Gasteiger partial charge is 0.392 e. The SMILES string of the molecule is O[C@@H]1CCCC[C@H]1SCc1ccc(CS[C@@H]2CCCC[C@H]2O)cc1. The van der Waals surface area contributed by atoms with Gasteiger partial charge >= 0.3 is 0 Å². The Morgan fingerprint density at radius 3 is 1.42 bits per heavy atom. The van der Waals surface area contributed by atoms with Crippen LogP contribution in [-0.4, -0.2) is 32.9 Å². The monoisotopic (exact) mass is 366 g/mol. The third-order valence-corrected chi connectivity index (χ3v) is 8.24. The van der Waals surface area contributed by atoms with Crippen LogP contribution in [-0.2, 0) is 11.5 Å². The lowest BCUT2D eigenvalue weighted by atomic mass is 9.97. The molecule has 2 aliphatic rings. The van der Waals surface area contributed by atoms with Gasteiger partial charge < -0.3 is 10.2 Å². The standard InChI is InChI=1S/C20H30O2S2/c21-17-5-1-3-7-19(17)23-13-15-9-11-16(12-10-15)14-24-20-8-4-2-6-18(20)22/h9-12,17-22H,1-8,13-14H2/t17-,18-,19-,20-/m1/s1. The third-order valence-electron chi connectivity index (χ3n) is 5.29. The molecule has 2 N–H and O–H groups in total. The summed E-state index contributed by atoms with van der Waals surface area (Å²) < 4.78 is 0. The van der Waals surface area contributed by atoms with Gasteiger partial charge in [0.1, 0.15) is 0 Å². The van der Waals surface area contributed by atoms with Crippen molar-refractivity contribution in [3.05, 3.63) is 35.4 Å². The van der Waals surface area contributed by atoms with Crippen molar-refractivity contribution < 1.29 is 10.2 Å². The first-order valence-electron chi connectivity index (χ1n) is 9.39. The van der Waals surface area contributed by atoms with Crippen LogP contribution < -0.4 is 0 Å². The predicted octanol–water partition coefficient (Wildman–Crippen LogP) is 4.76. The lowest BCUT2D eigenvalue weighted by Crippen LogP contribution is -2.26. The summed E-state index contributed by atoms with van der Waals surface area (Å²) in [5, 5.41) is 21.0. The van der Waals surface area contributed by atoms with Crippen LogP contribution in [0.5, 0.6) is 0 Å². The molecule has 2 nitrogen and oxygen atoms in total. The van der Waals surface area contributed by atoms with Crippen molar-refractivity contribution in [1.29, 1.82) is 0 Å². The van der Waals surface area contributed by atoms with Crippen LogP contribution in [0.4, 0.5) is 0 Å². The van der Waals surface area contributed by atoms with E-state index >= 15 is 0 Å². The van der Waals surface area contributed by atoms with E-state index in [4.69, 9.17) is 0 Å². The van der Waals surface area contributed by atoms with Gasteiger partial charge in [-0.05, 0) is 36.8 Å². The predicted molar refractivity (Wildman–Crippen MR) is 106 cm³/mol. The summed E-state index contributed by atoms with van der Waals surface area (Å²) in [5.74, 6) is 1.99. The molecule has 0 spiro atoms. The topological polar surface area (TPSA) is 40.5 Å². The number of aliphatic hydroxyl groups excluding tert-OH is 2. The van der Waals surface area contributed by atoms with Gasteiger partial charge in [0.05, 0.1) is 12.2 Å². The van der Waals surface area contributed by atoms with Crippen LogP contribution in [0.25, 0.3) is 0 Å². The second-order valence-electron chi connectivity index (χ2n) is 7.22. The molecule has 1 aromatic rings. The van der Waals surface area contributed by atoms with E-state index in [1.54, 1.807) is 0 Å². The zero-order valence-corrected chi connectivity index (χ0v) is 16.0. The summed E-state index contributed by atoms with van der Waals surface area (Å²) in [6.45, 7) is 0. The summed E-state index contributed by atoms with van der Waals surface area (Å²) in [6.07, 6.45) is 8.93. The molecule has 0 unspecified atom stereocenters. The Morgan fingerprint density at radius 1 is 0.667 bits per heavy atom. The van der Waals surface area contributed by atoms with E-state index in [-0.39, 0.29) is 12.2 Å². The molecule has 4 heteroatoms. The lowest BCUT2D eigenvalue weighted by Gasteiger charge is -2.27. The molecule has 4 atom stereocenters. The Labute approximate surface area is 154 Å². The molecule has 1 aromatic carbocycles. The summed E-state index contributed by atoms with van der Waals surface area (Å²) in [7, 11) is 0. The Hall–Kier alpha value is -0.160. The quantitative estimate of drug-likeness (QED) is 0.761. The first kappa shape index (κ1) is 18.6. The first-order valence-corrected chi connectivity index (χ1v) is 11.5. The van der Waals surface area contributed by atoms with Crippen molar-refractivity contribution in [1.82, 2.24) is 0 Å². The minimum atomic E-state index is -0.110. The number of hydrogen-bond donors (Lipinski definition) is 2. The Bertz CT molecular complexity index is 446. The molecule has 0 heterocycles. The molecule has 2 aliphatic carbocycles. The van der Waals surface area contributed by atoms with E-state index in [1.165, 1.54) is 36.8 Å². The molecule has 0 aromatic heterocycles. The van der Waals surface area contributed by atoms with Crippen LogP contribution in [0.15, 0.2) is 24.3 Å². The van der Waals surface area contributed by atoms with Gasteiger partial charge in [0.25, 0.3) is 0 Å². The molecule has 0 saturated heterocycles. The maximum Gasteiger partial charge on any atom is 0.0658 e. The maximum atomic E-state index is 10.1. The van der Waals surface area contributed by atoms with E-state index in [0.29, 0.717) is 10.5 Å². The van der Waals surface area contributed by atoms with Crippen molar-refractivity contribution in [2.24, 2.45) is 0 Å². The van der Waals surface area contributed by atoms with E-state index in [1.807, 2.05) is 23.5 Å². The Kier molecular flexibility index (Phi) is 7.38. The van der Waals surface area contributed by atoms with Gasteiger partial charge in [-0.1, -0.05) is 49.9 Å². The summed E-state index contributed by atoms with van der Waals surface area (Å²) in [4.78, 5) is 0. The highest BCUT2D eigenvalue weighted by Gasteiger charge is 2.24. The van der Waals surface area contributed by atoms with E-state index in [0.717, 1.165) is 37.2 Å². The fraction of sp³-hybridized carbons (Fsp3) is 0.700. The smallest absolute Gasteiger partial charge is 0.0658 e. The van der Waals surface area contributed by atoms with Crippen LogP contribution in [0.2, 0.25) is 0 Å². The summed E-state index contributed by atoms with van der Waals surface area (Å²) in [5.41, 5.74) is 2.70. The zero-order chi connectivity index (χ0) is 16.8. The summed E-state index contributed by atoms with van der Waals surface area (Å²) >= 11 is 3.83. The number of hydrogen-bond acceptors (Lipinski definition) is 4. The average molecular weight is 367 g/mol. The number of benzene rings is 1. The van der Waals surface area contributed by atoms with E-state index in [9.17, 15) is 10.2 Å². The van der Waals surface area contributed by atoms with Crippen molar-refractivity contribution in [3.8, 4) is 0 Å². The molecule has 0 amide bonds. The van der Waals surface area contributed by atoms with Gasteiger partial charge in [-0.15, -0.1) is 0 Å². The number of thioether (sulfide) groups is 2. The molecular formula is C20H30O2S2. The molecule has 0 bridgehead atoms. The molecule has 3 rings (SSSR count). The molecule has 2 saturated carbocycles. The van der Waals surface area contributed by atoms with Gasteiger partial charge in [-0.2, -0.15) is 23.5 Å². The van der Waals surface area contributed by atoms with Crippen LogP contribution in [0.1, 0.15) is 62.5 Å². The number of rotatable bonds is 6. The molecule has 24 heavy (non-hydrogen) atoms. The Morgan fingerprint density at radius 2 is 1.04 bits per heavy atom. The van der Waals surface area contributed by atoms with Crippen LogP contribution >= 0.6 is 23.5 Å². The second-order valence-corrected chi connectivity index (χ2v) is 9.67. The molecular weight excluding hydrogens is 336 g/mol. The van der Waals surface area contributed by atoms with Gasteiger partial charge in [0.2, 0.25) is 0 Å². The van der Waals surface area contributed by atoms with Crippen molar-refractivity contribution in [3.63, 3.8) is 0 Å². The Balaban J connectivity index is 1.43. The molecule has 0 aliphatic heterocycles. The highest BCUT2D eigenvalue weighted by Crippen LogP contribution is 2.32. The van der Waals surface area contributed by atoms with Crippen LogP contribution in [0, 0.1) is 0 Å². The summed E-state index contributed by atoms with van der Waals surface area (Å²) in [6, 6.07) is 8.93. The van der Waals surface area contributed by atoms with Crippen molar-refractivity contribution >= 4 is 23.5 Å². The van der Waals surface area contributed by atoms with Crippen molar-refractivity contribution in [2.45, 2.75) is 85.6 Å². The maximum absolute atomic E-state index is 10.1. The third kappa shape index (κ3) is 5.42. The fourth-order valence-electron chi connectivity index (χ4n) is 3.68. The van der Waals surface area contributed by atoms with Crippen LogP contribution in [0.3, 0.4) is 0 Å². The fourth-order valence-corrected chi connectivity index (χ4v) is 6.26. The van der Waals surface area contributed by atoms with E-state index < -0.39 is 0 Å². The van der Waals surface area contributed by atoms with Gasteiger partial charge in [-0.25, -0.2) is 0 Å². The van der Waals surface area contributed by atoms with Gasteiger partial charge in [0.15, 0.2) is 0 Å².